The van der Waals surface area contributed by atoms with Gasteiger partial charge >= 0.3 is 5.97 Å². The number of hydrogen-bond donors (Lipinski definition) is 3. The summed E-state index contributed by atoms with van der Waals surface area (Å²) < 4.78 is 11.8. The van der Waals surface area contributed by atoms with Gasteiger partial charge in [0, 0.05) is 6.92 Å². The second-order valence-electron chi connectivity index (χ2n) is 4.93. The van der Waals surface area contributed by atoms with Gasteiger partial charge in [-0.25, -0.2) is 15.0 Å². The Morgan fingerprint density at radius 3 is 2.91 bits per heavy atom. The second kappa shape index (κ2) is 5.48. The number of imidazole rings is 1. The van der Waals surface area contributed by atoms with E-state index in [4.69, 9.17) is 15.2 Å². The zero-order chi connectivity index (χ0) is 15.9. The summed E-state index contributed by atoms with van der Waals surface area (Å²) in [6.45, 7) is 1.09. The van der Waals surface area contributed by atoms with E-state index in [0.717, 1.165) is 0 Å². The first-order valence-corrected chi connectivity index (χ1v) is 6.57. The van der Waals surface area contributed by atoms with E-state index >= 15 is 0 Å². The van der Waals surface area contributed by atoms with Gasteiger partial charge in [0.05, 0.1) is 6.33 Å². The molecule has 0 radical (unpaired) electrons. The highest BCUT2D eigenvalue weighted by Gasteiger charge is 2.44. The molecule has 2 aromatic rings. The van der Waals surface area contributed by atoms with Crippen LogP contribution in [0.4, 0.5) is 5.82 Å². The highest BCUT2D eigenvalue weighted by Crippen LogP contribution is 2.32. The number of rotatable bonds is 3. The zero-order valence-electron chi connectivity index (χ0n) is 11.7. The summed E-state index contributed by atoms with van der Waals surface area (Å²) in [5.74, 6) is -0.296. The molecule has 0 bridgehead atoms. The van der Waals surface area contributed by atoms with Crippen LogP contribution in [0.1, 0.15) is 13.2 Å². The van der Waals surface area contributed by atoms with E-state index in [0.29, 0.717) is 11.2 Å². The Labute approximate surface area is 124 Å². The van der Waals surface area contributed by atoms with E-state index in [1.165, 1.54) is 24.1 Å². The summed E-state index contributed by atoms with van der Waals surface area (Å²) >= 11 is 0. The lowest BCUT2D eigenvalue weighted by molar-refractivity contribution is -0.147. The Bertz CT molecular complexity index is 704. The van der Waals surface area contributed by atoms with Crippen LogP contribution in [-0.4, -0.2) is 60.6 Å². The number of anilines is 1. The van der Waals surface area contributed by atoms with Crippen molar-refractivity contribution in [1.29, 1.82) is 0 Å². The maximum Gasteiger partial charge on any atom is 0.302 e. The van der Waals surface area contributed by atoms with Crippen LogP contribution in [0.15, 0.2) is 12.7 Å². The van der Waals surface area contributed by atoms with E-state index in [-0.39, 0.29) is 12.4 Å². The molecule has 0 aliphatic carbocycles. The minimum atomic E-state index is -1.23. The molecule has 10 nitrogen and oxygen atoms in total. The van der Waals surface area contributed by atoms with Crippen LogP contribution in [0, 0.1) is 0 Å². The third kappa shape index (κ3) is 2.36. The zero-order valence-corrected chi connectivity index (χ0v) is 11.7. The smallest absolute Gasteiger partial charge is 0.302 e. The van der Waals surface area contributed by atoms with Crippen molar-refractivity contribution in [3.8, 4) is 0 Å². The van der Waals surface area contributed by atoms with Crippen molar-refractivity contribution >= 4 is 23.0 Å². The number of hydrogen-bond acceptors (Lipinski definition) is 9. The maximum absolute atomic E-state index is 10.8. The summed E-state index contributed by atoms with van der Waals surface area (Å²) in [6, 6.07) is 0. The van der Waals surface area contributed by atoms with E-state index in [2.05, 4.69) is 15.0 Å². The Kier molecular flexibility index (Phi) is 3.64. The van der Waals surface area contributed by atoms with Gasteiger partial charge in [0.1, 0.15) is 36.8 Å². The lowest BCUT2D eigenvalue weighted by Gasteiger charge is -2.16. The van der Waals surface area contributed by atoms with Gasteiger partial charge in [-0.1, -0.05) is 0 Å². The molecule has 0 saturated carbocycles. The summed E-state index contributed by atoms with van der Waals surface area (Å²) in [5, 5.41) is 20.2. The number of carbonyl (C=O) groups excluding carboxylic acids is 1. The van der Waals surface area contributed by atoms with Crippen molar-refractivity contribution in [2.75, 3.05) is 12.3 Å². The van der Waals surface area contributed by atoms with Crippen molar-refractivity contribution in [2.24, 2.45) is 0 Å². The predicted octanol–water partition coefficient (Wildman–Crippen LogP) is -1.41. The fourth-order valence-electron chi connectivity index (χ4n) is 2.35. The van der Waals surface area contributed by atoms with Gasteiger partial charge < -0.3 is 25.4 Å². The van der Waals surface area contributed by atoms with Crippen molar-refractivity contribution in [2.45, 2.75) is 31.5 Å². The van der Waals surface area contributed by atoms with E-state index in [1.807, 2.05) is 0 Å². The van der Waals surface area contributed by atoms with Crippen LogP contribution in [0.2, 0.25) is 0 Å². The first-order valence-electron chi connectivity index (χ1n) is 6.57. The number of aromatic nitrogens is 4. The number of aliphatic hydroxyl groups excluding tert-OH is 2. The molecule has 1 aliphatic heterocycles. The number of nitrogen functional groups attached to an aromatic ring is 1. The third-order valence-corrected chi connectivity index (χ3v) is 3.45. The fourth-order valence-corrected chi connectivity index (χ4v) is 2.35. The Hall–Kier alpha value is -2.30. The van der Waals surface area contributed by atoms with Crippen LogP contribution in [-0.2, 0) is 14.3 Å². The first-order chi connectivity index (χ1) is 10.5. The standard InChI is InChI=1S/C12H15N5O5/c1-5(18)21-2-6-8(19)9(20)12(22-6)17-4-16-7-10(13)14-3-15-11(7)17/h3-4,6,8-9,12,19-20H,2H2,1H3,(H2,13,14,15)/t6-,8-,9-,12+/m0/s1. The molecule has 22 heavy (non-hydrogen) atoms. The van der Waals surface area contributed by atoms with Gasteiger partial charge in [-0.2, -0.15) is 0 Å². The molecule has 118 valence electrons. The van der Waals surface area contributed by atoms with Crippen LogP contribution >= 0.6 is 0 Å². The number of carbonyl (C=O) groups is 1. The summed E-state index contributed by atoms with van der Waals surface area (Å²) in [4.78, 5) is 22.8. The highest BCUT2D eigenvalue weighted by atomic mass is 16.6. The van der Waals surface area contributed by atoms with E-state index < -0.39 is 30.5 Å². The van der Waals surface area contributed by atoms with Gasteiger partial charge in [-0.05, 0) is 0 Å². The normalized spacial score (nSPS) is 28.1. The average molecular weight is 309 g/mol. The highest BCUT2D eigenvalue weighted by molar-refractivity contribution is 5.81. The summed E-state index contributed by atoms with van der Waals surface area (Å²) in [5.41, 5.74) is 6.44. The number of ether oxygens (including phenoxy) is 2. The number of nitrogens with two attached hydrogens (primary N) is 1. The van der Waals surface area contributed by atoms with Crippen molar-refractivity contribution in [1.82, 2.24) is 19.5 Å². The molecule has 4 N–H and O–H groups in total. The number of aliphatic hydroxyl groups is 2. The molecule has 0 unspecified atom stereocenters. The van der Waals surface area contributed by atoms with E-state index in [9.17, 15) is 15.0 Å². The van der Waals surface area contributed by atoms with Crippen LogP contribution in [0.5, 0.6) is 0 Å². The quantitative estimate of drug-likeness (QED) is 0.582. The summed E-state index contributed by atoms with van der Waals surface area (Å²) in [7, 11) is 0. The molecule has 0 aromatic carbocycles. The lowest BCUT2D eigenvalue weighted by Crippen LogP contribution is -2.34. The molecule has 2 aromatic heterocycles. The van der Waals surface area contributed by atoms with Gasteiger partial charge in [-0.15, -0.1) is 0 Å². The van der Waals surface area contributed by atoms with Crippen molar-refractivity contribution in [3.05, 3.63) is 12.7 Å². The lowest BCUT2D eigenvalue weighted by atomic mass is 10.1. The largest absolute Gasteiger partial charge is 0.463 e. The minimum Gasteiger partial charge on any atom is -0.463 e. The van der Waals surface area contributed by atoms with Crippen molar-refractivity contribution < 1.29 is 24.5 Å². The van der Waals surface area contributed by atoms with Crippen LogP contribution < -0.4 is 5.73 Å². The molecule has 1 fully saturated rings. The summed E-state index contributed by atoms with van der Waals surface area (Å²) in [6.07, 6.45) is -1.54. The SMILES string of the molecule is CC(=O)OC[C@@H]1O[C@@H](n2cnc3c(N)ncnc32)[C@@H](O)[C@H]1O. The Balaban J connectivity index is 1.87. The number of nitrogens with zero attached hydrogens (tertiary/aromatic N) is 4. The maximum atomic E-state index is 10.8. The molecule has 0 amide bonds. The van der Waals surface area contributed by atoms with Gasteiger partial charge in [-0.3, -0.25) is 9.36 Å². The third-order valence-electron chi connectivity index (χ3n) is 3.45. The van der Waals surface area contributed by atoms with Crippen molar-refractivity contribution in [3.63, 3.8) is 0 Å². The van der Waals surface area contributed by atoms with Gasteiger partial charge in [0.15, 0.2) is 17.7 Å². The Morgan fingerprint density at radius 2 is 2.18 bits per heavy atom. The molecule has 4 atom stereocenters. The van der Waals surface area contributed by atoms with Crippen LogP contribution in [0.25, 0.3) is 11.2 Å². The molecule has 0 spiro atoms. The van der Waals surface area contributed by atoms with Gasteiger partial charge in [0.2, 0.25) is 0 Å². The topological polar surface area (TPSA) is 146 Å². The number of esters is 1. The van der Waals surface area contributed by atoms with Gasteiger partial charge in [0.25, 0.3) is 0 Å². The molecular formula is C12H15N5O5. The Morgan fingerprint density at radius 1 is 1.41 bits per heavy atom. The second-order valence-corrected chi connectivity index (χ2v) is 4.93. The first kappa shape index (κ1) is 14.6. The molecule has 3 heterocycles. The average Bonchev–Trinajstić information content (AvgIpc) is 3.01. The fraction of sp³-hybridized carbons (Fsp3) is 0.500. The molecule has 3 rings (SSSR count). The molecular weight excluding hydrogens is 294 g/mol. The predicted molar refractivity (Wildman–Crippen MR) is 72.3 cm³/mol. The molecule has 1 saturated heterocycles. The van der Waals surface area contributed by atoms with Crippen LogP contribution in [0.3, 0.4) is 0 Å². The molecule has 1 aliphatic rings. The molecule has 10 heteroatoms. The van der Waals surface area contributed by atoms with E-state index in [1.54, 1.807) is 0 Å². The minimum absolute atomic E-state index is 0.159. The monoisotopic (exact) mass is 309 g/mol. The number of fused-ring (bicyclic) bond motifs is 1.